The third kappa shape index (κ3) is 3.00. The van der Waals surface area contributed by atoms with Crippen LogP contribution in [0, 0.1) is 0 Å². The van der Waals surface area contributed by atoms with Crippen molar-refractivity contribution in [3.05, 3.63) is 29.3 Å². The lowest BCUT2D eigenvalue weighted by molar-refractivity contribution is 0.180. The first-order chi connectivity index (χ1) is 7.79. The first kappa shape index (κ1) is 12.0. The van der Waals surface area contributed by atoms with Crippen molar-refractivity contribution in [2.45, 2.75) is 36.7 Å². The lowest BCUT2D eigenvalue weighted by atomic mass is 10.1. The van der Waals surface area contributed by atoms with Gasteiger partial charge in [0.05, 0.1) is 6.10 Å². The van der Waals surface area contributed by atoms with Crippen molar-refractivity contribution in [3.8, 4) is 0 Å². The van der Waals surface area contributed by atoms with Crippen LogP contribution in [-0.4, -0.2) is 23.5 Å². The number of hydrogen-bond acceptors (Lipinski definition) is 3. The van der Waals surface area contributed by atoms with Gasteiger partial charge in [0.25, 0.3) is 0 Å². The predicted octanol–water partition coefficient (Wildman–Crippen LogP) is 1.98. The van der Waals surface area contributed by atoms with Crippen LogP contribution in [0.25, 0.3) is 0 Å². The molecular weight excluding hydrogens is 218 g/mol. The molecular formula is C13H19NOS. The molecule has 1 aromatic carbocycles. The molecule has 1 aliphatic rings. The van der Waals surface area contributed by atoms with E-state index < -0.39 is 0 Å². The molecule has 0 saturated carbocycles. The van der Waals surface area contributed by atoms with Crippen molar-refractivity contribution in [1.29, 1.82) is 0 Å². The van der Waals surface area contributed by atoms with Gasteiger partial charge in [-0.1, -0.05) is 6.07 Å². The topological polar surface area (TPSA) is 46.2 Å². The molecule has 16 heavy (non-hydrogen) atoms. The number of nitrogens with two attached hydrogens (primary N) is 1. The lowest BCUT2D eigenvalue weighted by Crippen LogP contribution is -2.19. The molecule has 1 unspecified atom stereocenters. The van der Waals surface area contributed by atoms with Crippen LogP contribution in [0.15, 0.2) is 23.1 Å². The second kappa shape index (κ2) is 5.71. The van der Waals surface area contributed by atoms with E-state index in [9.17, 15) is 5.11 Å². The summed E-state index contributed by atoms with van der Waals surface area (Å²) in [6.45, 7) is 0.366. The Labute approximate surface area is 101 Å². The zero-order chi connectivity index (χ0) is 11.4. The summed E-state index contributed by atoms with van der Waals surface area (Å²) in [4.78, 5) is 1.32. The van der Waals surface area contributed by atoms with Gasteiger partial charge in [0.15, 0.2) is 0 Å². The van der Waals surface area contributed by atoms with Gasteiger partial charge in [-0.2, -0.15) is 0 Å². The molecule has 2 nitrogen and oxygen atoms in total. The van der Waals surface area contributed by atoms with E-state index in [1.54, 1.807) is 0 Å². The predicted molar refractivity (Wildman–Crippen MR) is 68.9 cm³/mol. The van der Waals surface area contributed by atoms with Gasteiger partial charge >= 0.3 is 0 Å². The van der Waals surface area contributed by atoms with Gasteiger partial charge < -0.3 is 10.8 Å². The summed E-state index contributed by atoms with van der Waals surface area (Å²) in [7, 11) is 0. The molecule has 2 rings (SSSR count). The number of thioether (sulfide) groups is 1. The van der Waals surface area contributed by atoms with Crippen molar-refractivity contribution < 1.29 is 5.11 Å². The zero-order valence-electron chi connectivity index (χ0n) is 9.48. The highest BCUT2D eigenvalue weighted by Crippen LogP contribution is 2.27. The Morgan fingerprint density at radius 3 is 2.94 bits per heavy atom. The van der Waals surface area contributed by atoms with Crippen LogP contribution in [0.1, 0.15) is 24.0 Å². The number of fused-ring (bicyclic) bond motifs is 1. The number of benzene rings is 1. The summed E-state index contributed by atoms with van der Waals surface area (Å²) in [5, 5.41) is 9.35. The van der Waals surface area contributed by atoms with Crippen molar-refractivity contribution >= 4 is 11.8 Å². The largest absolute Gasteiger partial charge is 0.392 e. The third-order valence-corrected chi connectivity index (χ3v) is 4.09. The summed E-state index contributed by atoms with van der Waals surface area (Å²) < 4.78 is 0. The van der Waals surface area contributed by atoms with E-state index in [-0.39, 0.29) is 6.10 Å². The van der Waals surface area contributed by atoms with E-state index >= 15 is 0 Å². The molecule has 1 aromatic rings. The molecule has 3 heteroatoms. The first-order valence-corrected chi connectivity index (χ1v) is 6.91. The van der Waals surface area contributed by atoms with Crippen LogP contribution in [-0.2, 0) is 12.8 Å². The maximum Gasteiger partial charge on any atom is 0.0670 e. The van der Waals surface area contributed by atoms with E-state index in [4.69, 9.17) is 5.73 Å². The summed E-state index contributed by atoms with van der Waals surface area (Å²) in [5.41, 5.74) is 8.40. The summed E-state index contributed by atoms with van der Waals surface area (Å²) in [6.07, 6.45) is 4.21. The van der Waals surface area contributed by atoms with Gasteiger partial charge in [-0.05, 0) is 48.9 Å². The number of aliphatic hydroxyl groups is 1. The molecule has 0 saturated heterocycles. The van der Waals surface area contributed by atoms with Gasteiger partial charge in [-0.15, -0.1) is 11.8 Å². The molecule has 88 valence electrons. The molecule has 3 N–H and O–H groups in total. The minimum absolute atomic E-state index is 0.345. The molecule has 0 heterocycles. The highest BCUT2D eigenvalue weighted by atomic mass is 32.2. The normalized spacial score (nSPS) is 16.1. The Morgan fingerprint density at radius 2 is 2.12 bits per heavy atom. The molecule has 0 spiro atoms. The summed E-state index contributed by atoms with van der Waals surface area (Å²) in [5.74, 6) is 0.942. The highest BCUT2D eigenvalue weighted by molar-refractivity contribution is 7.99. The number of hydrogen-bond donors (Lipinski definition) is 2. The number of aliphatic hydroxyl groups excluding tert-OH is 1. The van der Waals surface area contributed by atoms with Crippen LogP contribution >= 0.6 is 11.8 Å². The SMILES string of the molecule is NCC(O)CCSc1ccc2c(c1)CCC2. The van der Waals surface area contributed by atoms with Crippen molar-refractivity contribution in [3.63, 3.8) is 0 Å². The van der Waals surface area contributed by atoms with E-state index in [1.807, 2.05) is 11.8 Å². The lowest BCUT2D eigenvalue weighted by Gasteiger charge is -2.08. The molecule has 0 aromatic heterocycles. The van der Waals surface area contributed by atoms with Crippen molar-refractivity contribution in [2.24, 2.45) is 5.73 Å². The van der Waals surface area contributed by atoms with E-state index in [0.717, 1.165) is 12.2 Å². The fourth-order valence-corrected chi connectivity index (χ4v) is 3.08. The molecule has 0 radical (unpaired) electrons. The molecule has 0 bridgehead atoms. The smallest absolute Gasteiger partial charge is 0.0670 e. The Kier molecular flexibility index (Phi) is 4.27. The second-order valence-corrected chi connectivity index (χ2v) is 5.48. The highest BCUT2D eigenvalue weighted by Gasteiger charge is 2.10. The van der Waals surface area contributed by atoms with Crippen LogP contribution in [0.5, 0.6) is 0 Å². The third-order valence-electron chi connectivity index (χ3n) is 3.06. The zero-order valence-corrected chi connectivity index (χ0v) is 10.3. The van der Waals surface area contributed by atoms with E-state index in [1.165, 1.54) is 35.3 Å². The monoisotopic (exact) mass is 237 g/mol. The maximum atomic E-state index is 9.35. The Balaban J connectivity index is 1.86. The van der Waals surface area contributed by atoms with Gasteiger partial charge in [0.1, 0.15) is 0 Å². The first-order valence-electron chi connectivity index (χ1n) is 5.92. The molecule has 0 amide bonds. The molecule has 1 aliphatic carbocycles. The molecule has 1 atom stereocenters. The van der Waals surface area contributed by atoms with E-state index in [2.05, 4.69) is 18.2 Å². The summed E-state index contributed by atoms with van der Waals surface area (Å²) in [6, 6.07) is 6.76. The minimum Gasteiger partial charge on any atom is -0.392 e. The quantitative estimate of drug-likeness (QED) is 0.770. The second-order valence-electron chi connectivity index (χ2n) is 4.31. The maximum absolute atomic E-state index is 9.35. The average molecular weight is 237 g/mol. The fraction of sp³-hybridized carbons (Fsp3) is 0.538. The van der Waals surface area contributed by atoms with Crippen molar-refractivity contribution in [2.75, 3.05) is 12.3 Å². The molecule has 0 aliphatic heterocycles. The number of rotatable bonds is 5. The fourth-order valence-electron chi connectivity index (χ4n) is 2.07. The molecule has 0 fully saturated rings. The van der Waals surface area contributed by atoms with Gasteiger partial charge in [0.2, 0.25) is 0 Å². The van der Waals surface area contributed by atoms with E-state index in [0.29, 0.717) is 6.54 Å². The van der Waals surface area contributed by atoms with Gasteiger partial charge in [-0.3, -0.25) is 0 Å². The summed E-state index contributed by atoms with van der Waals surface area (Å²) >= 11 is 1.81. The Bertz CT molecular complexity index is 354. The standard InChI is InChI=1S/C13H19NOS/c14-9-12(15)6-7-16-13-5-4-10-2-1-3-11(10)8-13/h4-5,8,12,15H,1-3,6-7,9,14H2. The van der Waals surface area contributed by atoms with Crippen molar-refractivity contribution in [1.82, 2.24) is 0 Å². The van der Waals surface area contributed by atoms with Crippen LogP contribution in [0.3, 0.4) is 0 Å². The van der Waals surface area contributed by atoms with Crippen LogP contribution in [0.4, 0.5) is 0 Å². The Morgan fingerprint density at radius 1 is 1.31 bits per heavy atom. The Hall–Kier alpha value is -0.510. The van der Waals surface area contributed by atoms with Gasteiger partial charge in [-0.25, -0.2) is 0 Å². The van der Waals surface area contributed by atoms with Gasteiger partial charge in [0, 0.05) is 17.2 Å². The number of aryl methyl sites for hydroxylation is 2. The average Bonchev–Trinajstić information content (AvgIpc) is 2.76. The van der Waals surface area contributed by atoms with Crippen LogP contribution < -0.4 is 5.73 Å². The van der Waals surface area contributed by atoms with Crippen LogP contribution in [0.2, 0.25) is 0 Å². The minimum atomic E-state index is -0.345.